The molecule has 0 unspecified atom stereocenters. The van der Waals surface area contributed by atoms with E-state index in [0.717, 1.165) is 10.9 Å². The van der Waals surface area contributed by atoms with E-state index in [4.69, 9.17) is 4.74 Å². The number of pyridine rings is 1. The van der Waals surface area contributed by atoms with Crippen LogP contribution < -0.4 is 0 Å². The summed E-state index contributed by atoms with van der Waals surface area (Å²) >= 11 is 0. The molecule has 0 N–H and O–H groups in total. The second kappa shape index (κ2) is 9.30. The zero-order valence-electron chi connectivity index (χ0n) is 16.8. The van der Waals surface area contributed by atoms with Gasteiger partial charge in [0.25, 0.3) is 0 Å². The van der Waals surface area contributed by atoms with Crippen molar-refractivity contribution in [3.05, 3.63) is 102 Å². The Bertz CT molecular complexity index is 1220. The van der Waals surface area contributed by atoms with E-state index in [9.17, 15) is 14.0 Å². The Hall–Kier alpha value is -3.86. The number of esters is 1. The number of rotatable bonds is 7. The summed E-state index contributed by atoms with van der Waals surface area (Å²) in [5.41, 5.74) is 3.20. The van der Waals surface area contributed by atoms with Crippen LogP contribution in [0, 0.1) is 5.82 Å². The van der Waals surface area contributed by atoms with Gasteiger partial charge in [0.1, 0.15) is 5.82 Å². The molecule has 0 fully saturated rings. The Balaban J connectivity index is 1.46. The molecule has 31 heavy (non-hydrogen) atoms. The van der Waals surface area contributed by atoms with Crippen molar-refractivity contribution in [2.24, 2.45) is 0 Å². The molecule has 0 saturated carbocycles. The van der Waals surface area contributed by atoms with E-state index in [1.165, 1.54) is 24.3 Å². The molecule has 3 aromatic carbocycles. The second-order valence-electron chi connectivity index (χ2n) is 7.11. The van der Waals surface area contributed by atoms with Gasteiger partial charge < -0.3 is 4.74 Å². The number of hydrogen-bond acceptors (Lipinski definition) is 4. The number of ketones is 1. The Morgan fingerprint density at radius 2 is 1.58 bits per heavy atom. The normalized spacial score (nSPS) is 10.7. The number of ether oxygens (including phenoxy) is 1. The van der Waals surface area contributed by atoms with E-state index < -0.39 is 5.97 Å². The standard InChI is InChI=1S/C26H20FNO3/c27-20-14-12-19(13-15-20)25(29)11-6-16-31-26(30)22-17-24(18-7-2-1-3-8-18)28-23-10-5-4-9-21(22)23/h1-5,7-10,12-15,17H,6,11,16H2. The summed E-state index contributed by atoms with van der Waals surface area (Å²) in [5.74, 6) is -0.952. The molecular formula is C26H20FNO3. The lowest BCUT2D eigenvalue weighted by Crippen LogP contribution is -2.09. The number of halogens is 1. The topological polar surface area (TPSA) is 56.3 Å². The maximum atomic E-state index is 13.0. The first-order valence-corrected chi connectivity index (χ1v) is 10.0. The van der Waals surface area contributed by atoms with Gasteiger partial charge in [0.2, 0.25) is 0 Å². The summed E-state index contributed by atoms with van der Waals surface area (Å²) in [6.45, 7) is 0.114. The Morgan fingerprint density at radius 1 is 0.871 bits per heavy atom. The molecule has 1 heterocycles. The maximum absolute atomic E-state index is 13.0. The van der Waals surface area contributed by atoms with Crippen LogP contribution in [-0.4, -0.2) is 23.3 Å². The molecule has 154 valence electrons. The number of hydrogen-bond donors (Lipinski definition) is 0. The van der Waals surface area contributed by atoms with Gasteiger partial charge in [-0.05, 0) is 42.8 Å². The molecule has 0 aliphatic rings. The number of aromatic nitrogens is 1. The highest BCUT2D eigenvalue weighted by Gasteiger charge is 2.15. The van der Waals surface area contributed by atoms with Crippen molar-refractivity contribution in [2.75, 3.05) is 6.61 Å². The lowest BCUT2D eigenvalue weighted by molar-refractivity contribution is 0.0496. The van der Waals surface area contributed by atoms with Gasteiger partial charge in [0.15, 0.2) is 5.78 Å². The van der Waals surface area contributed by atoms with Gasteiger partial charge in [0.05, 0.1) is 23.4 Å². The van der Waals surface area contributed by atoms with Crippen molar-refractivity contribution in [3.8, 4) is 11.3 Å². The van der Waals surface area contributed by atoms with Crippen molar-refractivity contribution in [1.82, 2.24) is 4.98 Å². The summed E-state index contributed by atoms with van der Waals surface area (Å²) in [4.78, 5) is 29.7. The molecule has 0 aliphatic heterocycles. The van der Waals surface area contributed by atoms with Crippen LogP contribution in [0.15, 0.2) is 84.9 Å². The monoisotopic (exact) mass is 413 g/mol. The lowest BCUT2D eigenvalue weighted by Gasteiger charge is -2.10. The van der Waals surface area contributed by atoms with Gasteiger partial charge in [-0.2, -0.15) is 0 Å². The molecule has 4 rings (SSSR count). The van der Waals surface area contributed by atoms with Gasteiger partial charge in [-0.1, -0.05) is 48.5 Å². The van der Waals surface area contributed by atoms with Crippen molar-refractivity contribution >= 4 is 22.7 Å². The molecule has 0 saturated heterocycles. The average molecular weight is 413 g/mol. The summed E-state index contributed by atoms with van der Waals surface area (Å²) in [6, 6.07) is 24.2. The van der Waals surface area contributed by atoms with E-state index in [-0.39, 0.29) is 24.6 Å². The first-order chi connectivity index (χ1) is 15.1. The summed E-state index contributed by atoms with van der Waals surface area (Å²) in [5, 5.41) is 0.717. The van der Waals surface area contributed by atoms with Gasteiger partial charge in [-0.15, -0.1) is 0 Å². The first-order valence-electron chi connectivity index (χ1n) is 10.0. The third-order valence-electron chi connectivity index (χ3n) is 4.95. The minimum atomic E-state index is -0.454. The summed E-state index contributed by atoms with van der Waals surface area (Å²) < 4.78 is 18.4. The Labute approximate surface area is 179 Å². The zero-order chi connectivity index (χ0) is 21.6. The van der Waals surface area contributed by atoms with E-state index in [1.54, 1.807) is 6.07 Å². The van der Waals surface area contributed by atoms with Gasteiger partial charge in [0, 0.05) is 22.9 Å². The highest BCUT2D eigenvalue weighted by Crippen LogP contribution is 2.25. The van der Waals surface area contributed by atoms with Crippen molar-refractivity contribution in [3.63, 3.8) is 0 Å². The Morgan fingerprint density at radius 3 is 2.35 bits per heavy atom. The van der Waals surface area contributed by atoms with E-state index in [0.29, 0.717) is 28.8 Å². The fourth-order valence-electron chi connectivity index (χ4n) is 3.36. The molecule has 0 radical (unpaired) electrons. The van der Waals surface area contributed by atoms with Crippen LogP contribution in [0.25, 0.3) is 22.2 Å². The minimum absolute atomic E-state index is 0.114. The Kier molecular flexibility index (Phi) is 6.13. The van der Waals surface area contributed by atoms with Crippen LogP contribution >= 0.6 is 0 Å². The van der Waals surface area contributed by atoms with Crippen LogP contribution in [-0.2, 0) is 4.74 Å². The number of fused-ring (bicyclic) bond motifs is 1. The molecule has 0 amide bonds. The molecule has 1 aromatic heterocycles. The molecule has 0 bridgehead atoms. The lowest BCUT2D eigenvalue weighted by atomic mass is 10.0. The van der Waals surface area contributed by atoms with Gasteiger partial charge in [-0.25, -0.2) is 14.2 Å². The van der Waals surface area contributed by atoms with Crippen LogP contribution in [0.4, 0.5) is 4.39 Å². The zero-order valence-corrected chi connectivity index (χ0v) is 16.8. The van der Waals surface area contributed by atoms with Crippen LogP contribution in [0.2, 0.25) is 0 Å². The molecule has 0 atom stereocenters. The number of para-hydroxylation sites is 1. The summed E-state index contributed by atoms with van der Waals surface area (Å²) in [7, 11) is 0. The number of Topliss-reactive ketones (excluding diaryl/α,β-unsaturated/α-hetero) is 1. The maximum Gasteiger partial charge on any atom is 0.338 e. The third-order valence-corrected chi connectivity index (χ3v) is 4.95. The SMILES string of the molecule is O=C(CCCOC(=O)c1cc(-c2ccccc2)nc2ccccc12)c1ccc(F)cc1. The number of benzene rings is 3. The van der Waals surface area contributed by atoms with Gasteiger partial charge >= 0.3 is 5.97 Å². The van der Waals surface area contributed by atoms with Crippen LogP contribution in [0.1, 0.15) is 33.6 Å². The molecule has 5 heteroatoms. The fraction of sp³-hybridized carbons (Fsp3) is 0.115. The van der Waals surface area contributed by atoms with E-state index in [2.05, 4.69) is 4.98 Å². The first kappa shape index (κ1) is 20.4. The second-order valence-corrected chi connectivity index (χ2v) is 7.11. The fourth-order valence-corrected chi connectivity index (χ4v) is 3.36. The van der Waals surface area contributed by atoms with Crippen LogP contribution in [0.5, 0.6) is 0 Å². The number of nitrogens with zero attached hydrogens (tertiary/aromatic N) is 1. The number of carbonyl (C=O) groups excluding carboxylic acids is 2. The predicted octanol–water partition coefficient (Wildman–Crippen LogP) is 5.86. The van der Waals surface area contributed by atoms with Crippen LogP contribution in [0.3, 0.4) is 0 Å². The molecule has 4 aromatic rings. The third kappa shape index (κ3) is 4.83. The minimum Gasteiger partial charge on any atom is -0.462 e. The average Bonchev–Trinajstić information content (AvgIpc) is 2.82. The van der Waals surface area contributed by atoms with Crippen molar-refractivity contribution < 1.29 is 18.7 Å². The van der Waals surface area contributed by atoms with Gasteiger partial charge in [-0.3, -0.25) is 4.79 Å². The largest absolute Gasteiger partial charge is 0.462 e. The molecular weight excluding hydrogens is 393 g/mol. The smallest absolute Gasteiger partial charge is 0.338 e. The molecule has 0 spiro atoms. The number of carbonyl (C=O) groups is 2. The van der Waals surface area contributed by atoms with Crippen molar-refractivity contribution in [1.29, 1.82) is 0 Å². The summed E-state index contributed by atoms with van der Waals surface area (Å²) in [6.07, 6.45) is 0.599. The molecule has 0 aliphatic carbocycles. The van der Waals surface area contributed by atoms with Crippen molar-refractivity contribution in [2.45, 2.75) is 12.8 Å². The highest BCUT2D eigenvalue weighted by molar-refractivity contribution is 6.04. The predicted molar refractivity (Wildman–Crippen MR) is 117 cm³/mol. The molecule has 4 nitrogen and oxygen atoms in total. The van der Waals surface area contributed by atoms with E-state index in [1.807, 2.05) is 54.6 Å². The highest BCUT2D eigenvalue weighted by atomic mass is 19.1. The quantitative estimate of drug-likeness (QED) is 0.216. The van der Waals surface area contributed by atoms with E-state index >= 15 is 0 Å².